The molecule has 1 aliphatic carbocycles. The van der Waals surface area contributed by atoms with E-state index in [-0.39, 0.29) is 0 Å². The summed E-state index contributed by atoms with van der Waals surface area (Å²) in [5.74, 6) is -0.865. The van der Waals surface area contributed by atoms with Crippen LogP contribution in [0.3, 0.4) is 0 Å². The number of fused-ring (bicyclic) bond motifs is 3. The molecule has 4 rings (SSSR count). The van der Waals surface area contributed by atoms with Crippen LogP contribution in [0.4, 0.5) is 0 Å². The van der Waals surface area contributed by atoms with Gasteiger partial charge in [-0.15, -0.1) is 0 Å². The van der Waals surface area contributed by atoms with Gasteiger partial charge in [0.25, 0.3) is 5.97 Å². The molecule has 30 heavy (non-hydrogen) atoms. The van der Waals surface area contributed by atoms with E-state index in [9.17, 15) is 9.90 Å². The molecular formula is C21H24N4O5. The molecule has 3 heterocycles. The van der Waals surface area contributed by atoms with Crippen molar-refractivity contribution in [2.75, 3.05) is 6.54 Å². The Morgan fingerprint density at radius 3 is 2.77 bits per heavy atom. The predicted molar refractivity (Wildman–Crippen MR) is 108 cm³/mol. The van der Waals surface area contributed by atoms with Crippen molar-refractivity contribution in [3.8, 4) is 11.3 Å². The van der Waals surface area contributed by atoms with Gasteiger partial charge in [0.2, 0.25) is 0 Å². The quantitative estimate of drug-likeness (QED) is 0.505. The lowest BCUT2D eigenvalue weighted by Gasteiger charge is -2.14. The van der Waals surface area contributed by atoms with Crippen molar-refractivity contribution < 1.29 is 24.2 Å². The summed E-state index contributed by atoms with van der Waals surface area (Å²) in [4.78, 5) is 25.0. The molecule has 9 heteroatoms. The number of nitrogens with zero attached hydrogens (tertiary/aromatic N) is 3. The molecule has 0 radical (unpaired) electrons. The molecule has 0 bridgehead atoms. The molecule has 0 spiro atoms. The first kappa shape index (κ1) is 21.3. The van der Waals surface area contributed by atoms with Gasteiger partial charge in [-0.2, -0.15) is 5.10 Å². The average molecular weight is 412 g/mol. The van der Waals surface area contributed by atoms with Gasteiger partial charge in [-0.05, 0) is 49.6 Å². The summed E-state index contributed by atoms with van der Waals surface area (Å²) in [6, 6.07) is 5.70. The fourth-order valence-corrected chi connectivity index (χ4v) is 3.45. The van der Waals surface area contributed by atoms with Crippen LogP contribution < -0.4 is 5.32 Å². The predicted octanol–water partition coefficient (Wildman–Crippen LogP) is 2.61. The number of furan rings is 1. The zero-order valence-corrected chi connectivity index (χ0v) is 16.7. The Labute approximate surface area is 173 Å². The molecule has 1 aliphatic rings. The number of carboxylic acids is 2. The Bertz CT molecular complexity index is 1010. The van der Waals surface area contributed by atoms with E-state index in [2.05, 4.69) is 15.4 Å². The molecule has 0 saturated heterocycles. The minimum atomic E-state index is -0.917. The van der Waals surface area contributed by atoms with Crippen LogP contribution in [0.1, 0.15) is 40.7 Å². The second kappa shape index (κ2) is 9.84. The summed E-state index contributed by atoms with van der Waals surface area (Å²) in [7, 11) is 0. The number of carbonyl (C=O) groups is 2. The van der Waals surface area contributed by atoms with Crippen molar-refractivity contribution in [1.82, 2.24) is 20.1 Å². The first-order valence-corrected chi connectivity index (χ1v) is 9.66. The zero-order valence-electron chi connectivity index (χ0n) is 16.7. The summed E-state index contributed by atoms with van der Waals surface area (Å²) in [5.41, 5.74) is 4.06. The molecule has 158 valence electrons. The van der Waals surface area contributed by atoms with E-state index < -0.39 is 11.9 Å². The number of carboxylic acid groups (broad SMARTS) is 2. The second-order valence-electron chi connectivity index (χ2n) is 6.87. The summed E-state index contributed by atoms with van der Waals surface area (Å²) in [6.07, 6.45) is 7.49. The van der Waals surface area contributed by atoms with Crippen LogP contribution in [-0.2, 0) is 30.7 Å². The minimum Gasteiger partial charge on any atom is -0.481 e. The van der Waals surface area contributed by atoms with Crippen molar-refractivity contribution in [3.63, 3.8) is 0 Å². The van der Waals surface area contributed by atoms with Crippen molar-refractivity contribution in [2.45, 2.75) is 39.3 Å². The van der Waals surface area contributed by atoms with Gasteiger partial charge in [0.1, 0.15) is 11.5 Å². The third kappa shape index (κ3) is 5.12. The first-order valence-electron chi connectivity index (χ1n) is 9.66. The molecule has 3 aromatic heterocycles. The third-order valence-electron chi connectivity index (χ3n) is 4.66. The van der Waals surface area contributed by atoms with Crippen molar-refractivity contribution in [3.05, 3.63) is 59.4 Å². The minimum absolute atomic E-state index is 0.313. The lowest BCUT2D eigenvalue weighted by atomic mass is 9.90. The molecule has 9 nitrogen and oxygen atoms in total. The number of aliphatic carboxylic acids is 1. The highest BCUT2D eigenvalue weighted by atomic mass is 16.4. The molecule has 0 atom stereocenters. The topological polar surface area (TPSA) is 130 Å². The highest BCUT2D eigenvalue weighted by Crippen LogP contribution is 2.34. The van der Waals surface area contributed by atoms with Crippen LogP contribution in [0.25, 0.3) is 11.3 Å². The van der Waals surface area contributed by atoms with Gasteiger partial charge in [0.05, 0.1) is 18.5 Å². The molecule has 0 aliphatic heterocycles. The normalized spacial score (nSPS) is 11.8. The van der Waals surface area contributed by atoms with Crippen LogP contribution in [0.15, 0.2) is 41.3 Å². The fourth-order valence-electron chi connectivity index (χ4n) is 3.45. The summed E-state index contributed by atoms with van der Waals surface area (Å²) in [6.45, 7) is 3.06. The van der Waals surface area contributed by atoms with Gasteiger partial charge in [-0.25, -0.2) is 4.79 Å². The summed E-state index contributed by atoms with van der Waals surface area (Å²) in [5, 5.41) is 25.0. The van der Waals surface area contributed by atoms with E-state index in [4.69, 9.17) is 14.3 Å². The Morgan fingerprint density at radius 1 is 1.27 bits per heavy atom. The van der Waals surface area contributed by atoms with Crippen molar-refractivity contribution >= 4 is 11.9 Å². The monoisotopic (exact) mass is 412 g/mol. The number of rotatable bonds is 7. The van der Waals surface area contributed by atoms with E-state index in [1.807, 2.05) is 24.4 Å². The maximum Gasteiger partial charge on any atom is 0.354 e. The van der Waals surface area contributed by atoms with E-state index in [0.717, 1.165) is 54.5 Å². The molecule has 3 aromatic rings. The second-order valence-corrected chi connectivity index (χ2v) is 6.87. The molecule has 0 unspecified atom stereocenters. The van der Waals surface area contributed by atoms with Crippen LogP contribution in [0, 0.1) is 0 Å². The Morgan fingerprint density at radius 2 is 2.07 bits per heavy atom. The maximum atomic E-state index is 11.8. The van der Waals surface area contributed by atoms with Gasteiger partial charge in [-0.3, -0.25) is 14.5 Å². The van der Waals surface area contributed by atoms with Crippen LogP contribution in [0.2, 0.25) is 0 Å². The highest BCUT2D eigenvalue weighted by Gasteiger charge is 2.27. The van der Waals surface area contributed by atoms with Gasteiger partial charge in [-0.1, -0.05) is 0 Å². The number of aromatic carboxylic acids is 1. The molecule has 0 fully saturated rings. The Kier molecular flexibility index (Phi) is 6.97. The average Bonchev–Trinajstić information content (AvgIpc) is 3.34. The lowest BCUT2D eigenvalue weighted by Crippen LogP contribution is -2.18. The number of aromatic nitrogens is 3. The number of pyridine rings is 1. The standard InChI is InChI=1S/C19H20N4O3.C2H4O2/c24-19(25)18-16-5-4-13-11-21-8-6-15(13)17(16)22-23(18)9-2-7-20-12-14-3-1-10-26-14;1-2(3)4/h1,3,6,8,10-11,20H,2,4-5,7,9,12H2,(H,24,25);1H3,(H,3,4). The molecule has 0 aromatic carbocycles. The van der Waals surface area contributed by atoms with E-state index >= 15 is 0 Å². The number of hydrogen-bond acceptors (Lipinski definition) is 6. The number of nitrogens with one attached hydrogen (secondary N) is 1. The molecular weight excluding hydrogens is 388 g/mol. The van der Waals surface area contributed by atoms with Crippen molar-refractivity contribution in [2.24, 2.45) is 0 Å². The molecule has 0 amide bonds. The van der Waals surface area contributed by atoms with Crippen molar-refractivity contribution in [1.29, 1.82) is 0 Å². The van der Waals surface area contributed by atoms with Gasteiger partial charge in [0, 0.05) is 37.0 Å². The maximum absolute atomic E-state index is 11.8. The van der Waals surface area contributed by atoms with Crippen LogP contribution in [0.5, 0.6) is 0 Å². The number of aryl methyl sites for hydroxylation is 2. The van der Waals surface area contributed by atoms with E-state index in [1.165, 1.54) is 0 Å². The smallest absolute Gasteiger partial charge is 0.354 e. The van der Waals surface area contributed by atoms with E-state index in [1.54, 1.807) is 17.1 Å². The van der Waals surface area contributed by atoms with Gasteiger partial charge >= 0.3 is 5.97 Å². The SMILES string of the molecule is CC(=O)O.O=C(O)c1c2c(nn1CCCNCc1ccco1)-c1ccncc1CC2. The van der Waals surface area contributed by atoms with Crippen LogP contribution >= 0.6 is 0 Å². The zero-order chi connectivity index (χ0) is 21.5. The van der Waals surface area contributed by atoms with E-state index in [0.29, 0.717) is 25.2 Å². The largest absolute Gasteiger partial charge is 0.481 e. The summed E-state index contributed by atoms with van der Waals surface area (Å²) >= 11 is 0. The fraction of sp³-hybridized carbons (Fsp3) is 0.333. The number of hydrogen-bond donors (Lipinski definition) is 3. The Balaban J connectivity index is 0.000000589. The molecule has 0 saturated carbocycles. The molecule has 3 N–H and O–H groups in total. The van der Waals surface area contributed by atoms with Crippen LogP contribution in [-0.4, -0.2) is 43.5 Å². The van der Waals surface area contributed by atoms with Gasteiger partial charge < -0.3 is 19.9 Å². The Hall–Kier alpha value is -3.46. The lowest BCUT2D eigenvalue weighted by molar-refractivity contribution is -0.134. The highest BCUT2D eigenvalue weighted by molar-refractivity contribution is 5.90. The summed E-state index contributed by atoms with van der Waals surface area (Å²) < 4.78 is 6.91. The third-order valence-corrected chi connectivity index (χ3v) is 4.66. The van der Waals surface area contributed by atoms with Gasteiger partial charge in [0.15, 0.2) is 0 Å². The first-order chi connectivity index (χ1) is 14.5.